The molecule has 1 aliphatic rings. The summed E-state index contributed by atoms with van der Waals surface area (Å²) >= 11 is 0. The van der Waals surface area contributed by atoms with Crippen molar-refractivity contribution in [1.29, 1.82) is 5.26 Å². The molecular weight excluding hydrogens is 220 g/mol. The molecule has 2 nitrogen and oxygen atoms in total. The maximum atomic E-state index is 9.31. The van der Waals surface area contributed by atoms with Crippen LogP contribution in [0.1, 0.15) is 37.8 Å². The van der Waals surface area contributed by atoms with Gasteiger partial charge in [-0.25, -0.2) is 0 Å². The Kier molecular flexibility index (Phi) is 3.34. The van der Waals surface area contributed by atoms with Crippen LogP contribution in [0.5, 0.6) is 0 Å². The number of hydrogen-bond donors (Lipinski definition) is 0. The molecule has 1 aromatic rings. The first-order valence-corrected chi connectivity index (χ1v) is 6.71. The van der Waals surface area contributed by atoms with Crippen LogP contribution >= 0.6 is 0 Å². The molecular formula is C16H22N2. The molecule has 18 heavy (non-hydrogen) atoms. The molecule has 1 atom stereocenters. The monoisotopic (exact) mass is 242 g/mol. The van der Waals surface area contributed by atoms with Crippen molar-refractivity contribution in [3.8, 4) is 6.07 Å². The van der Waals surface area contributed by atoms with Crippen LogP contribution in [0.4, 0.5) is 5.69 Å². The smallest absolute Gasteiger partial charge is 0.0690 e. The van der Waals surface area contributed by atoms with Gasteiger partial charge in [0.25, 0.3) is 0 Å². The fourth-order valence-corrected chi connectivity index (χ4v) is 2.86. The van der Waals surface area contributed by atoms with E-state index in [2.05, 4.69) is 56.9 Å². The molecule has 0 radical (unpaired) electrons. The van der Waals surface area contributed by atoms with Crippen molar-refractivity contribution >= 4 is 5.69 Å². The lowest BCUT2D eigenvalue weighted by Crippen LogP contribution is -2.53. The largest absolute Gasteiger partial charge is 0.365 e. The summed E-state index contributed by atoms with van der Waals surface area (Å²) in [5.74, 6) is 0.118. The van der Waals surface area contributed by atoms with Crippen molar-refractivity contribution in [2.24, 2.45) is 5.92 Å². The average Bonchev–Trinajstić information content (AvgIpc) is 2.32. The zero-order chi connectivity index (χ0) is 13.3. The molecule has 0 aliphatic carbocycles. The summed E-state index contributed by atoms with van der Waals surface area (Å²) in [5.41, 5.74) is 3.82. The second kappa shape index (κ2) is 4.65. The van der Waals surface area contributed by atoms with Crippen LogP contribution in [0.15, 0.2) is 18.2 Å². The summed E-state index contributed by atoms with van der Waals surface area (Å²) in [5, 5.41) is 9.31. The third-order valence-corrected chi connectivity index (χ3v) is 4.38. The van der Waals surface area contributed by atoms with Gasteiger partial charge in [-0.05, 0) is 63.8 Å². The highest BCUT2D eigenvalue weighted by Crippen LogP contribution is 2.37. The van der Waals surface area contributed by atoms with E-state index in [4.69, 9.17) is 0 Å². The van der Waals surface area contributed by atoms with Gasteiger partial charge in [0.15, 0.2) is 0 Å². The van der Waals surface area contributed by atoms with Gasteiger partial charge < -0.3 is 4.90 Å². The van der Waals surface area contributed by atoms with Gasteiger partial charge in [-0.1, -0.05) is 6.07 Å². The van der Waals surface area contributed by atoms with Crippen LogP contribution < -0.4 is 4.90 Å². The molecule has 1 saturated heterocycles. The lowest BCUT2D eigenvalue weighted by molar-refractivity contribution is 0.292. The Balaban J connectivity index is 2.37. The average molecular weight is 242 g/mol. The fourth-order valence-electron chi connectivity index (χ4n) is 2.86. The maximum Gasteiger partial charge on any atom is 0.0690 e. The maximum absolute atomic E-state index is 9.31. The molecule has 0 aromatic heterocycles. The Hall–Kier alpha value is -1.49. The number of hydrogen-bond acceptors (Lipinski definition) is 2. The van der Waals surface area contributed by atoms with Gasteiger partial charge in [0.1, 0.15) is 0 Å². The summed E-state index contributed by atoms with van der Waals surface area (Å²) in [6, 6.07) is 9.09. The van der Waals surface area contributed by atoms with E-state index < -0.39 is 0 Å². The summed E-state index contributed by atoms with van der Waals surface area (Å²) in [6.45, 7) is 9.72. The van der Waals surface area contributed by atoms with Gasteiger partial charge in [0.05, 0.1) is 17.5 Å². The van der Waals surface area contributed by atoms with E-state index in [-0.39, 0.29) is 11.5 Å². The Morgan fingerprint density at radius 1 is 1.28 bits per heavy atom. The molecule has 96 valence electrons. The lowest BCUT2D eigenvalue weighted by atomic mass is 9.79. The molecule has 1 unspecified atom stereocenters. The second-order valence-corrected chi connectivity index (χ2v) is 5.90. The molecule has 1 fully saturated rings. The molecule has 0 amide bonds. The number of nitriles is 1. The van der Waals surface area contributed by atoms with Crippen LogP contribution in [0.3, 0.4) is 0 Å². The summed E-state index contributed by atoms with van der Waals surface area (Å²) < 4.78 is 0. The molecule has 2 rings (SSSR count). The van der Waals surface area contributed by atoms with Gasteiger partial charge in [0, 0.05) is 12.2 Å². The number of nitrogens with zero attached hydrogens (tertiary/aromatic N) is 2. The van der Waals surface area contributed by atoms with E-state index in [1.54, 1.807) is 0 Å². The Morgan fingerprint density at radius 2 is 2.00 bits per heavy atom. The summed E-state index contributed by atoms with van der Waals surface area (Å²) in [6.07, 6.45) is 2.12. The van der Waals surface area contributed by atoms with Crippen molar-refractivity contribution in [3.63, 3.8) is 0 Å². The third-order valence-electron chi connectivity index (χ3n) is 4.38. The summed E-state index contributed by atoms with van der Waals surface area (Å²) in [4.78, 5) is 2.40. The second-order valence-electron chi connectivity index (χ2n) is 5.90. The fraction of sp³-hybridized carbons (Fsp3) is 0.562. The van der Waals surface area contributed by atoms with E-state index in [1.807, 2.05) is 0 Å². The van der Waals surface area contributed by atoms with Gasteiger partial charge in [-0.15, -0.1) is 0 Å². The van der Waals surface area contributed by atoms with Crippen LogP contribution in [-0.2, 0) is 0 Å². The number of rotatable bonds is 1. The van der Waals surface area contributed by atoms with Crippen LogP contribution in [-0.4, -0.2) is 12.1 Å². The van der Waals surface area contributed by atoms with E-state index >= 15 is 0 Å². The molecule has 0 saturated carbocycles. The van der Waals surface area contributed by atoms with Gasteiger partial charge in [-0.2, -0.15) is 5.26 Å². The Morgan fingerprint density at radius 3 is 2.61 bits per heavy atom. The topological polar surface area (TPSA) is 27.0 Å². The number of anilines is 1. The van der Waals surface area contributed by atoms with Gasteiger partial charge in [-0.3, -0.25) is 0 Å². The van der Waals surface area contributed by atoms with Crippen molar-refractivity contribution in [2.75, 3.05) is 11.4 Å². The highest BCUT2D eigenvalue weighted by molar-refractivity contribution is 5.53. The molecule has 1 aromatic carbocycles. The van der Waals surface area contributed by atoms with Crippen molar-refractivity contribution in [2.45, 2.75) is 46.1 Å². The first kappa shape index (κ1) is 13.0. The first-order chi connectivity index (χ1) is 8.46. The van der Waals surface area contributed by atoms with Crippen molar-refractivity contribution < 1.29 is 0 Å². The Labute approximate surface area is 110 Å². The standard InChI is InChI=1S/C16H22N2/c1-12-7-8-15(10-13(12)2)18-9-5-6-14(11-17)16(18,3)4/h7-8,10,14H,5-6,9H2,1-4H3. The number of benzene rings is 1. The van der Waals surface area contributed by atoms with Crippen LogP contribution in [0, 0.1) is 31.1 Å². The minimum atomic E-state index is -0.0747. The van der Waals surface area contributed by atoms with E-state index in [0.29, 0.717) is 0 Å². The predicted molar refractivity (Wildman–Crippen MR) is 75.7 cm³/mol. The minimum absolute atomic E-state index is 0.0747. The van der Waals surface area contributed by atoms with Crippen molar-refractivity contribution in [3.05, 3.63) is 29.3 Å². The van der Waals surface area contributed by atoms with E-state index in [9.17, 15) is 5.26 Å². The molecule has 1 heterocycles. The number of piperidine rings is 1. The minimum Gasteiger partial charge on any atom is -0.365 e. The highest BCUT2D eigenvalue weighted by Gasteiger charge is 2.38. The molecule has 1 aliphatic heterocycles. The van der Waals surface area contributed by atoms with Crippen LogP contribution in [0.25, 0.3) is 0 Å². The first-order valence-electron chi connectivity index (χ1n) is 6.71. The quantitative estimate of drug-likeness (QED) is 0.748. The summed E-state index contributed by atoms with van der Waals surface area (Å²) in [7, 11) is 0. The van der Waals surface area contributed by atoms with Crippen LogP contribution in [0.2, 0.25) is 0 Å². The third kappa shape index (κ3) is 2.10. The number of aryl methyl sites for hydroxylation is 2. The van der Waals surface area contributed by atoms with E-state index in [0.717, 1.165) is 19.4 Å². The molecule has 0 bridgehead atoms. The normalized spacial score (nSPS) is 22.6. The zero-order valence-corrected chi connectivity index (χ0v) is 11.8. The highest BCUT2D eigenvalue weighted by atomic mass is 15.2. The predicted octanol–water partition coefficient (Wildman–Crippen LogP) is 3.82. The van der Waals surface area contributed by atoms with Gasteiger partial charge in [0.2, 0.25) is 0 Å². The Bertz CT molecular complexity index is 482. The van der Waals surface area contributed by atoms with Gasteiger partial charge >= 0.3 is 0 Å². The zero-order valence-electron chi connectivity index (χ0n) is 11.8. The van der Waals surface area contributed by atoms with E-state index in [1.165, 1.54) is 16.8 Å². The molecule has 2 heteroatoms. The lowest BCUT2D eigenvalue weighted by Gasteiger charge is -2.47. The SMILES string of the molecule is Cc1ccc(N2CCCC(C#N)C2(C)C)cc1C. The molecule has 0 spiro atoms. The molecule has 0 N–H and O–H groups in total. The van der Waals surface area contributed by atoms with Crippen molar-refractivity contribution in [1.82, 2.24) is 0 Å².